The Morgan fingerprint density at radius 1 is 0.947 bits per heavy atom. The number of nitrogens with zero attached hydrogens (tertiary/aromatic N) is 1. The van der Waals surface area contributed by atoms with Gasteiger partial charge >= 0.3 is 6.03 Å². The Balaban J connectivity index is 1.67. The Morgan fingerprint density at radius 3 is 1.84 bits per heavy atom. The van der Waals surface area contributed by atoms with Gasteiger partial charge in [-0.3, -0.25) is 4.79 Å². The summed E-state index contributed by atoms with van der Waals surface area (Å²) in [5, 5.41) is 13.3. The zero-order chi connectivity index (χ0) is 26.9. The molecule has 1 saturated heterocycles. The van der Waals surface area contributed by atoms with Gasteiger partial charge in [0.15, 0.2) is 0 Å². The third-order valence-electron chi connectivity index (χ3n) is 7.45. The average Bonchev–Trinajstić information content (AvgIpc) is 3.25. The number of hydrogen-bond donors (Lipinski definition) is 3. The van der Waals surface area contributed by atoms with Crippen molar-refractivity contribution < 1.29 is 33.3 Å². The van der Waals surface area contributed by atoms with Crippen LogP contribution in [-0.2, 0) is 19.8 Å². The monoisotopic (exact) mass is 518 g/mol. The van der Waals surface area contributed by atoms with E-state index < -0.39 is 52.6 Å². The van der Waals surface area contributed by atoms with Gasteiger partial charge in [0, 0.05) is 0 Å². The SMILES string of the molecule is CO[N+]1([C@@H]2O[C@H](C(N)C(c3ccccc3)(c3ccccc3)c3ccccc3)[C@@H](O)[C@H]2F)C=CC(=O)NC1=O. The molecule has 0 saturated carbocycles. The van der Waals surface area contributed by atoms with Crippen LogP contribution in [0.25, 0.3) is 0 Å². The lowest BCUT2D eigenvalue weighted by atomic mass is 9.63. The zero-order valence-electron chi connectivity index (χ0n) is 20.7. The van der Waals surface area contributed by atoms with Gasteiger partial charge < -0.3 is 15.6 Å². The highest BCUT2D eigenvalue weighted by molar-refractivity contribution is 6.00. The number of carbonyl (C=O) groups is 2. The fourth-order valence-corrected chi connectivity index (χ4v) is 5.62. The first-order chi connectivity index (χ1) is 18.4. The second kappa shape index (κ2) is 10.2. The Morgan fingerprint density at radius 2 is 1.42 bits per heavy atom. The van der Waals surface area contributed by atoms with Crippen LogP contribution in [-0.4, -0.2) is 59.5 Å². The molecule has 0 aliphatic carbocycles. The van der Waals surface area contributed by atoms with Gasteiger partial charge in [0.05, 0.1) is 24.6 Å². The summed E-state index contributed by atoms with van der Waals surface area (Å²) >= 11 is 0. The normalized spacial score (nSPS) is 28.2. The van der Waals surface area contributed by atoms with Gasteiger partial charge in [-0.2, -0.15) is 4.84 Å². The molecule has 0 aromatic heterocycles. The number of ether oxygens (including phenoxy) is 1. The summed E-state index contributed by atoms with van der Waals surface area (Å²) < 4.78 is 20.9. The molecule has 38 heavy (non-hydrogen) atoms. The van der Waals surface area contributed by atoms with Gasteiger partial charge in [-0.1, -0.05) is 91.0 Å². The molecule has 0 spiro atoms. The summed E-state index contributed by atoms with van der Waals surface area (Å²) in [6, 6.07) is 26.6. The van der Waals surface area contributed by atoms with E-state index in [4.69, 9.17) is 15.3 Å². The molecular weight excluding hydrogens is 489 g/mol. The van der Waals surface area contributed by atoms with Crippen LogP contribution in [0, 0.1) is 0 Å². The summed E-state index contributed by atoms with van der Waals surface area (Å²) in [6.45, 7) is 0. The predicted octanol–water partition coefficient (Wildman–Crippen LogP) is 2.91. The molecule has 5 rings (SSSR count). The number of alkyl halides is 1. The Bertz CT molecular complexity index is 1230. The fraction of sp³-hybridized carbons (Fsp3) is 0.241. The number of hydroxylamine groups is 3. The van der Waals surface area contributed by atoms with E-state index in [1.165, 1.54) is 7.11 Å². The Hall–Kier alpha value is -3.73. The highest BCUT2D eigenvalue weighted by Crippen LogP contribution is 2.46. The number of urea groups is 1. The molecule has 3 aromatic carbocycles. The van der Waals surface area contributed by atoms with E-state index >= 15 is 4.39 Å². The summed E-state index contributed by atoms with van der Waals surface area (Å²) in [4.78, 5) is 29.9. The van der Waals surface area contributed by atoms with E-state index in [0.717, 1.165) is 29.0 Å². The smallest absolute Gasteiger partial charge is 0.387 e. The summed E-state index contributed by atoms with van der Waals surface area (Å²) in [5.74, 6) is -0.667. The number of hydrogen-bond acceptors (Lipinski definition) is 6. The fourth-order valence-electron chi connectivity index (χ4n) is 5.62. The molecule has 2 aliphatic heterocycles. The third-order valence-corrected chi connectivity index (χ3v) is 7.45. The van der Waals surface area contributed by atoms with Gasteiger partial charge in [-0.25, -0.2) is 14.5 Å². The number of amides is 3. The molecule has 196 valence electrons. The average molecular weight is 519 g/mol. The van der Waals surface area contributed by atoms with Gasteiger partial charge in [-0.05, 0) is 21.3 Å². The van der Waals surface area contributed by atoms with E-state index in [-0.39, 0.29) is 0 Å². The first-order valence-electron chi connectivity index (χ1n) is 12.2. The molecule has 2 unspecified atom stereocenters. The number of quaternary nitrogens is 1. The largest absolute Gasteiger partial charge is 0.463 e. The van der Waals surface area contributed by atoms with Crippen molar-refractivity contribution in [2.75, 3.05) is 7.11 Å². The van der Waals surface area contributed by atoms with Crippen LogP contribution < -0.4 is 11.1 Å². The van der Waals surface area contributed by atoms with Gasteiger partial charge in [0.25, 0.3) is 12.1 Å². The molecule has 2 aliphatic rings. The molecule has 4 N–H and O–H groups in total. The first-order valence-corrected chi connectivity index (χ1v) is 12.2. The van der Waals surface area contributed by atoms with Crippen LogP contribution in [0.4, 0.5) is 9.18 Å². The minimum absolute atomic E-state index is 0.667. The molecule has 0 radical (unpaired) electrons. The highest BCUT2D eigenvalue weighted by Gasteiger charge is 2.64. The topological polar surface area (TPSA) is 111 Å². The molecule has 3 aromatic rings. The standard InChI is InChI=1S/C29H28FN3O5/c1-37-33(18-17-22(34)32-28(33)36)27-23(30)24(35)25(38-27)26(31)29(19-11-5-2-6-12-19,20-13-7-3-8-14-20)21-15-9-4-10-16-21/h2-18,23-27,35H,31H2,1H3/p+1/t23-,24+,25+,26?,27-,33?/m1/s1. The second-order valence-corrected chi connectivity index (χ2v) is 9.36. The predicted molar refractivity (Wildman–Crippen MR) is 137 cm³/mol. The van der Waals surface area contributed by atoms with E-state index in [0.29, 0.717) is 0 Å². The lowest BCUT2D eigenvalue weighted by Gasteiger charge is -2.43. The number of carbonyl (C=O) groups excluding carboxylic acids is 2. The van der Waals surface area contributed by atoms with Crippen molar-refractivity contribution >= 4 is 11.9 Å². The number of nitrogens with two attached hydrogens (primary N) is 1. The number of aliphatic hydroxyl groups excluding tert-OH is 1. The van der Waals surface area contributed by atoms with Crippen LogP contribution in [0.2, 0.25) is 0 Å². The van der Waals surface area contributed by atoms with Crippen molar-refractivity contribution in [1.29, 1.82) is 0 Å². The van der Waals surface area contributed by atoms with Crippen molar-refractivity contribution in [1.82, 2.24) is 5.32 Å². The van der Waals surface area contributed by atoms with Crippen molar-refractivity contribution in [3.8, 4) is 0 Å². The van der Waals surface area contributed by atoms with Crippen molar-refractivity contribution in [2.45, 2.75) is 36.1 Å². The van der Waals surface area contributed by atoms with Crippen LogP contribution in [0.5, 0.6) is 0 Å². The number of halogens is 1. The Labute approximate surface area is 219 Å². The minimum atomic E-state index is -2.06. The number of benzene rings is 3. The maximum atomic E-state index is 15.8. The quantitative estimate of drug-likeness (QED) is 0.328. The molecular formula is C29H29FN3O5+. The number of imide groups is 1. The third kappa shape index (κ3) is 3.96. The molecule has 8 nitrogen and oxygen atoms in total. The zero-order valence-corrected chi connectivity index (χ0v) is 20.7. The van der Waals surface area contributed by atoms with Crippen molar-refractivity contribution in [2.24, 2.45) is 5.73 Å². The van der Waals surface area contributed by atoms with Crippen LogP contribution in [0.1, 0.15) is 16.7 Å². The van der Waals surface area contributed by atoms with Gasteiger partial charge in [-0.15, -0.1) is 0 Å². The maximum absolute atomic E-state index is 15.8. The maximum Gasteiger partial charge on any atom is 0.463 e. The summed E-state index contributed by atoms with van der Waals surface area (Å²) in [6.07, 6.45) is -4.47. The Kier molecular flexibility index (Phi) is 6.95. The number of aliphatic hydroxyl groups is 1. The summed E-state index contributed by atoms with van der Waals surface area (Å²) in [7, 11) is 1.19. The molecule has 2 heterocycles. The van der Waals surface area contributed by atoms with Crippen LogP contribution in [0.3, 0.4) is 0 Å². The van der Waals surface area contributed by atoms with E-state index in [9.17, 15) is 14.7 Å². The van der Waals surface area contributed by atoms with Crippen molar-refractivity contribution in [3.05, 3.63) is 120 Å². The van der Waals surface area contributed by atoms with Crippen LogP contribution >= 0.6 is 0 Å². The molecule has 0 bridgehead atoms. The first kappa shape index (κ1) is 25.9. The summed E-state index contributed by atoms with van der Waals surface area (Å²) in [5.41, 5.74) is 8.44. The van der Waals surface area contributed by atoms with Crippen LogP contribution in [0.15, 0.2) is 103 Å². The number of rotatable bonds is 7. The molecule has 3 amide bonds. The second-order valence-electron chi connectivity index (χ2n) is 9.36. The molecule has 6 atom stereocenters. The molecule has 9 heteroatoms. The van der Waals surface area contributed by atoms with Gasteiger partial charge in [0.2, 0.25) is 6.17 Å². The molecule has 1 fully saturated rings. The van der Waals surface area contributed by atoms with E-state index in [1.54, 1.807) is 0 Å². The van der Waals surface area contributed by atoms with Crippen molar-refractivity contribution in [3.63, 3.8) is 0 Å². The lowest BCUT2D eigenvalue weighted by molar-refractivity contribution is -1.03. The lowest BCUT2D eigenvalue weighted by Crippen LogP contribution is -2.64. The van der Waals surface area contributed by atoms with Gasteiger partial charge in [0.1, 0.15) is 18.4 Å². The minimum Gasteiger partial charge on any atom is -0.387 e. The highest BCUT2D eigenvalue weighted by atomic mass is 19.1. The van der Waals surface area contributed by atoms with E-state index in [1.807, 2.05) is 91.0 Å². The number of nitrogens with one attached hydrogen (secondary N) is 1. The van der Waals surface area contributed by atoms with E-state index in [2.05, 4.69) is 5.32 Å².